The van der Waals surface area contributed by atoms with Crippen molar-refractivity contribution in [2.45, 2.75) is 25.4 Å². The van der Waals surface area contributed by atoms with Gasteiger partial charge in [0.25, 0.3) is 11.8 Å². The number of benzene rings is 4. The van der Waals surface area contributed by atoms with Gasteiger partial charge in [-0.15, -0.1) is 22.7 Å². The Labute approximate surface area is 261 Å². The lowest BCUT2D eigenvalue weighted by molar-refractivity contribution is 0.0970. The van der Waals surface area contributed by atoms with Crippen LogP contribution >= 0.6 is 45.9 Å². The number of carbonyl (C=O) groups excluding carboxylic acids is 2. The Morgan fingerprint density at radius 3 is 1.95 bits per heavy atom. The summed E-state index contributed by atoms with van der Waals surface area (Å²) in [6.07, 6.45) is 0.536. The van der Waals surface area contributed by atoms with E-state index in [-0.39, 0.29) is 23.9 Å². The van der Waals surface area contributed by atoms with Gasteiger partial charge in [0.15, 0.2) is 0 Å². The molecule has 4 nitrogen and oxygen atoms in total. The van der Waals surface area contributed by atoms with E-state index >= 15 is 0 Å². The maximum atomic E-state index is 14.5. The minimum atomic E-state index is -0.325. The molecule has 0 bridgehead atoms. The summed E-state index contributed by atoms with van der Waals surface area (Å²) in [5, 5.41) is 2.70. The molecule has 2 atom stereocenters. The topological polar surface area (TPSA) is 40.6 Å². The third kappa shape index (κ3) is 4.41. The van der Waals surface area contributed by atoms with Gasteiger partial charge in [-0.1, -0.05) is 96.0 Å². The lowest BCUT2D eigenvalue weighted by Crippen LogP contribution is -2.47. The summed E-state index contributed by atoms with van der Waals surface area (Å²) < 4.78 is 1.94. The van der Waals surface area contributed by atoms with Gasteiger partial charge in [0.2, 0.25) is 0 Å². The van der Waals surface area contributed by atoms with E-state index in [1.54, 1.807) is 0 Å². The number of amides is 2. The fourth-order valence-corrected chi connectivity index (χ4v) is 8.78. The van der Waals surface area contributed by atoms with Crippen LogP contribution in [0.25, 0.3) is 20.2 Å². The third-order valence-corrected chi connectivity index (χ3v) is 11.1. The Morgan fingerprint density at radius 1 is 0.738 bits per heavy atom. The maximum Gasteiger partial charge on any atom is 0.270 e. The number of para-hydroxylation sites is 2. The first-order valence-corrected chi connectivity index (χ1v) is 16.0. The fraction of sp³-hybridized carbons (Fsp3) is 0.118. The minimum Gasteiger partial charge on any atom is -0.304 e. The summed E-state index contributed by atoms with van der Waals surface area (Å²) >= 11 is 16.4. The van der Waals surface area contributed by atoms with Crippen LogP contribution in [0, 0.1) is 0 Å². The van der Waals surface area contributed by atoms with Gasteiger partial charge >= 0.3 is 0 Å². The van der Waals surface area contributed by atoms with E-state index in [0.29, 0.717) is 26.2 Å². The van der Waals surface area contributed by atoms with E-state index in [1.165, 1.54) is 22.7 Å². The number of anilines is 2. The quantitative estimate of drug-likeness (QED) is 0.195. The second kappa shape index (κ2) is 10.9. The summed E-state index contributed by atoms with van der Waals surface area (Å²) in [4.78, 5) is 33.4. The molecule has 42 heavy (non-hydrogen) atoms. The highest BCUT2D eigenvalue weighted by Crippen LogP contribution is 2.46. The van der Waals surface area contributed by atoms with Gasteiger partial charge in [-0.05, 0) is 49.2 Å². The van der Waals surface area contributed by atoms with E-state index in [1.807, 2.05) is 120 Å². The van der Waals surface area contributed by atoms with E-state index < -0.39 is 0 Å². The third-order valence-electron chi connectivity index (χ3n) is 7.80. The van der Waals surface area contributed by atoms with Crippen LogP contribution in [-0.2, 0) is 0 Å². The highest BCUT2D eigenvalue weighted by Gasteiger charge is 2.40. The van der Waals surface area contributed by atoms with Gasteiger partial charge in [-0.3, -0.25) is 14.5 Å². The van der Waals surface area contributed by atoms with Crippen LogP contribution in [0.15, 0.2) is 103 Å². The molecule has 0 saturated carbocycles. The van der Waals surface area contributed by atoms with Gasteiger partial charge in [0.05, 0.1) is 16.1 Å². The molecular weight excluding hydrogens is 603 g/mol. The Morgan fingerprint density at radius 2 is 1.29 bits per heavy atom. The van der Waals surface area contributed by atoms with Crippen molar-refractivity contribution in [2.75, 3.05) is 9.80 Å². The molecule has 6 aromatic rings. The van der Waals surface area contributed by atoms with Crippen LogP contribution in [-0.4, -0.2) is 17.9 Å². The molecule has 0 unspecified atom stereocenters. The largest absolute Gasteiger partial charge is 0.304 e. The lowest BCUT2D eigenvalue weighted by Gasteiger charge is -2.43. The number of fused-ring (bicyclic) bond motifs is 3. The zero-order valence-corrected chi connectivity index (χ0v) is 25.6. The standard InChI is InChI=1S/C34H24Cl2N2O2S2/c1-20-19-26(38(21-11-3-2-4-12-21)34(40)32-30(36)24-15-7-10-18-28(24)42-32)22-13-5-8-16-25(22)37(20)33(39)31-29(35)23-14-6-9-17-27(23)41-31/h2-18,20,26H,19H2,1H3/t20-,26-/m1/s1. The molecule has 2 amide bonds. The molecule has 0 radical (unpaired) electrons. The van der Waals surface area contributed by atoms with Crippen molar-refractivity contribution in [3.63, 3.8) is 0 Å². The monoisotopic (exact) mass is 626 g/mol. The second-order valence-electron chi connectivity index (χ2n) is 10.3. The van der Waals surface area contributed by atoms with E-state index in [2.05, 4.69) is 0 Å². The Kier molecular flexibility index (Phi) is 7.03. The molecule has 0 aliphatic carbocycles. The van der Waals surface area contributed by atoms with Crippen molar-refractivity contribution in [3.05, 3.63) is 128 Å². The van der Waals surface area contributed by atoms with Crippen molar-refractivity contribution in [2.24, 2.45) is 0 Å². The molecule has 8 heteroatoms. The average Bonchev–Trinajstić information content (AvgIpc) is 3.54. The fourth-order valence-electron chi connectivity index (χ4n) is 5.88. The molecule has 7 rings (SSSR count). The highest BCUT2D eigenvalue weighted by atomic mass is 35.5. The zero-order chi connectivity index (χ0) is 29.0. The minimum absolute atomic E-state index is 0.135. The first-order chi connectivity index (χ1) is 20.4. The van der Waals surface area contributed by atoms with Crippen molar-refractivity contribution >= 4 is 89.2 Å². The van der Waals surface area contributed by atoms with Crippen LogP contribution in [0.1, 0.15) is 44.3 Å². The number of rotatable bonds is 4. The van der Waals surface area contributed by atoms with Crippen LogP contribution in [0.2, 0.25) is 10.0 Å². The Hall–Kier alpha value is -3.68. The first-order valence-electron chi connectivity index (χ1n) is 13.6. The molecule has 3 heterocycles. The normalized spacial score (nSPS) is 16.5. The van der Waals surface area contributed by atoms with Crippen LogP contribution in [0.3, 0.4) is 0 Å². The molecule has 2 aromatic heterocycles. The number of halogens is 2. The summed E-state index contributed by atoms with van der Waals surface area (Å²) in [5.74, 6) is -0.295. The number of hydrogen-bond acceptors (Lipinski definition) is 4. The number of thiophene rings is 2. The average molecular weight is 628 g/mol. The molecule has 0 N–H and O–H groups in total. The SMILES string of the molecule is C[C@@H]1C[C@@H](N(C(=O)c2sc3ccccc3c2Cl)c2ccccc2)c2ccccc2N1C(=O)c1sc2ccccc2c1Cl. The number of nitrogens with zero attached hydrogens (tertiary/aromatic N) is 2. The molecule has 1 aliphatic rings. The zero-order valence-electron chi connectivity index (χ0n) is 22.5. The van der Waals surface area contributed by atoms with Crippen LogP contribution in [0.5, 0.6) is 0 Å². The van der Waals surface area contributed by atoms with Crippen molar-refractivity contribution in [1.82, 2.24) is 0 Å². The van der Waals surface area contributed by atoms with Gasteiger partial charge < -0.3 is 4.90 Å². The molecule has 0 spiro atoms. The molecular formula is C34H24Cl2N2O2S2. The second-order valence-corrected chi connectivity index (χ2v) is 13.2. The van der Waals surface area contributed by atoms with Crippen molar-refractivity contribution < 1.29 is 9.59 Å². The highest BCUT2D eigenvalue weighted by molar-refractivity contribution is 7.22. The summed E-state index contributed by atoms with van der Waals surface area (Å²) in [6, 6.07) is 32.6. The predicted octanol–water partition coefficient (Wildman–Crippen LogP) is 10.2. The summed E-state index contributed by atoms with van der Waals surface area (Å²) in [5.41, 5.74) is 2.45. The molecule has 4 aromatic carbocycles. The molecule has 208 valence electrons. The smallest absolute Gasteiger partial charge is 0.270 e. The summed E-state index contributed by atoms with van der Waals surface area (Å²) in [6.45, 7) is 2.03. The summed E-state index contributed by atoms with van der Waals surface area (Å²) in [7, 11) is 0. The first kappa shape index (κ1) is 27.2. The van der Waals surface area contributed by atoms with Crippen molar-refractivity contribution in [3.8, 4) is 0 Å². The van der Waals surface area contributed by atoms with E-state index in [0.717, 1.165) is 37.1 Å². The van der Waals surface area contributed by atoms with Crippen molar-refractivity contribution in [1.29, 1.82) is 0 Å². The maximum absolute atomic E-state index is 14.5. The van der Waals surface area contributed by atoms with Crippen LogP contribution < -0.4 is 9.80 Å². The van der Waals surface area contributed by atoms with Gasteiger partial charge in [0, 0.05) is 37.6 Å². The van der Waals surface area contributed by atoms with E-state index in [9.17, 15) is 9.59 Å². The Bertz CT molecular complexity index is 1980. The van der Waals surface area contributed by atoms with E-state index in [4.69, 9.17) is 23.2 Å². The lowest BCUT2D eigenvalue weighted by atomic mass is 9.89. The molecule has 0 saturated heterocycles. The van der Waals surface area contributed by atoms with Gasteiger partial charge in [-0.2, -0.15) is 0 Å². The molecule has 0 fully saturated rings. The van der Waals surface area contributed by atoms with Gasteiger partial charge in [-0.25, -0.2) is 0 Å². The number of hydrogen-bond donors (Lipinski definition) is 0. The van der Waals surface area contributed by atoms with Gasteiger partial charge in [0.1, 0.15) is 9.75 Å². The number of carbonyl (C=O) groups is 2. The van der Waals surface area contributed by atoms with Crippen LogP contribution in [0.4, 0.5) is 11.4 Å². The Balaban J connectivity index is 1.34. The predicted molar refractivity (Wildman–Crippen MR) is 177 cm³/mol. The molecule has 1 aliphatic heterocycles.